The van der Waals surface area contributed by atoms with Gasteiger partial charge in [0.05, 0.1) is 12.0 Å². The molecule has 2 aromatic rings. The maximum atomic E-state index is 11.1. The van der Waals surface area contributed by atoms with Crippen molar-refractivity contribution in [1.29, 1.82) is 0 Å². The van der Waals surface area contributed by atoms with Gasteiger partial charge in [0.2, 0.25) is 0 Å². The molecule has 1 N–H and O–H groups in total. The summed E-state index contributed by atoms with van der Waals surface area (Å²) in [4.78, 5) is 14.9. The third kappa shape index (κ3) is 2.62. The van der Waals surface area contributed by atoms with Gasteiger partial charge in [-0.15, -0.1) is 0 Å². The number of benzene rings is 1. The lowest BCUT2D eigenvalue weighted by Gasteiger charge is -2.07. The first-order chi connectivity index (χ1) is 9.15. The number of nitrogens with one attached hydrogen (secondary N) is 1. The third-order valence-electron chi connectivity index (χ3n) is 2.67. The van der Waals surface area contributed by atoms with Crippen LogP contribution in [0.25, 0.3) is 11.3 Å². The average molecular weight is 259 g/mol. The summed E-state index contributed by atoms with van der Waals surface area (Å²) in [6.45, 7) is 0. The van der Waals surface area contributed by atoms with Gasteiger partial charge < -0.3 is 10.1 Å². The van der Waals surface area contributed by atoms with Crippen LogP contribution in [0.4, 0.5) is 11.5 Å². The van der Waals surface area contributed by atoms with Crippen LogP contribution >= 0.6 is 0 Å². The van der Waals surface area contributed by atoms with E-state index in [0.29, 0.717) is 22.8 Å². The van der Waals surface area contributed by atoms with Crippen molar-refractivity contribution >= 4 is 11.5 Å². The van der Waals surface area contributed by atoms with E-state index in [4.69, 9.17) is 4.74 Å². The molecule has 6 nitrogen and oxygen atoms in total. The summed E-state index contributed by atoms with van der Waals surface area (Å²) in [6.07, 6.45) is 0. The van der Waals surface area contributed by atoms with Gasteiger partial charge in [-0.25, -0.2) is 4.98 Å². The van der Waals surface area contributed by atoms with Gasteiger partial charge in [0.1, 0.15) is 11.6 Å². The van der Waals surface area contributed by atoms with Crippen LogP contribution in [0.2, 0.25) is 0 Å². The fraction of sp³-hybridized carbons (Fsp3) is 0.154. The van der Waals surface area contributed by atoms with E-state index in [9.17, 15) is 10.1 Å². The van der Waals surface area contributed by atoms with Crippen molar-refractivity contribution in [2.75, 3.05) is 19.5 Å². The van der Waals surface area contributed by atoms with Gasteiger partial charge in [0.15, 0.2) is 5.69 Å². The molecule has 0 unspecified atom stereocenters. The Morgan fingerprint density at radius 3 is 2.74 bits per heavy atom. The van der Waals surface area contributed by atoms with Crippen LogP contribution in [0.15, 0.2) is 36.4 Å². The normalized spacial score (nSPS) is 10.0. The quantitative estimate of drug-likeness (QED) is 0.674. The topological polar surface area (TPSA) is 77.3 Å². The zero-order valence-corrected chi connectivity index (χ0v) is 10.6. The Kier molecular flexibility index (Phi) is 3.61. The lowest BCUT2D eigenvalue weighted by molar-refractivity contribution is -0.384. The van der Waals surface area contributed by atoms with Crippen LogP contribution in [0, 0.1) is 10.1 Å². The zero-order chi connectivity index (χ0) is 13.8. The lowest BCUT2D eigenvalue weighted by Crippen LogP contribution is -1.99. The van der Waals surface area contributed by atoms with E-state index in [1.807, 2.05) is 0 Å². The van der Waals surface area contributed by atoms with Gasteiger partial charge in [-0.3, -0.25) is 10.1 Å². The highest BCUT2D eigenvalue weighted by Crippen LogP contribution is 2.31. The molecule has 0 radical (unpaired) electrons. The van der Waals surface area contributed by atoms with Gasteiger partial charge >= 0.3 is 0 Å². The van der Waals surface area contributed by atoms with Crippen molar-refractivity contribution in [2.45, 2.75) is 0 Å². The minimum Gasteiger partial charge on any atom is -0.497 e. The van der Waals surface area contributed by atoms with E-state index in [1.54, 1.807) is 44.5 Å². The van der Waals surface area contributed by atoms with Crippen molar-refractivity contribution in [3.63, 3.8) is 0 Å². The van der Waals surface area contributed by atoms with Gasteiger partial charge in [0.25, 0.3) is 5.69 Å². The highest BCUT2D eigenvalue weighted by molar-refractivity contribution is 5.72. The van der Waals surface area contributed by atoms with Gasteiger partial charge in [-0.05, 0) is 18.2 Å². The van der Waals surface area contributed by atoms with E-state index in [2.05, 4.69) is 10.3 Å². The molecule has 0 aliphatic heterocycles. The van der Waals surface area contributed by atoms with Gasteiger partial charge in [-0.1, -0.05) is 12.1 Å². The minimum absolute atomic E-state index is 0.0350. The molecule has 0 spiro atoms. The maximum absolute atomic E-state index is 11.1. The lowest BCUT2D eigenvalue weighted by atomic mass is 10.1. The van der Waals surface area contributed by atoms with E-state index in [0.717, 1.165) is 0 Å². The smallest absolute Gasteiger partial charge is 0.295 e. The summed E-state index contributed by atoms with van der Waals surface area (Å²) < 4.78 is 5.12. The third-order valence-corrected chi connectivity index (χ3v) is 2.67. The van der Waals surface area contributed by atoms with Gasteiger partial charge in [-0.2, -0.15) is 0 Å². The highest BCUT2D eigenvalue weighted by Gasteiger charge is 2.17. The zero-order valence-electron chi connectivity index (χ0n) is 10.6. The van der Waals surface area contributed by atoms with Crippen LogP contribution in [0.3, 0.4) is 0 Å². The first-order valence-electron chi connectivity index (χ1n) is 5.63. The fourth-order valence-corrected chi connectivity index (χ4v) is 1.72. The Morgan fingerprint density at radius 2 is 2.11 bits per heavy atom. The Balaban J connectivity index is 2.60. The van der Waals surface area contributed by atoms with Crippen LogP contribution in [-0.4, -0.2) is 24.1 Å². The Hall–Kier alpha value is -2.63. The molecular weight excluding hydrogens is 246 g/mol. The Labute approximate surface area is 110 Å². The van der Waals surface area contributed by atoms with Crippen molar-refractivity contribution < 1.29 is 9.66 Å². The molecule has 0 aliphatic rings. The number of nitro groups is 1. The van der Waals surface area contributed by atoms with Crippen molar-refractivity contribution in [3.8, 4) is 17.0 Å². The number of pyridine rings is 1. The van der Waals surface area contributed by atoms with E-state index in [1.165, 1.54) is 6.07 Å². The predicted molar refractivity (Wildman–Crippen MR) is 72.4 cm³/mol. The summed E-state index contributed by atoms with van der Waals surface area (Å²) in [5.41, 5.74) is 0.922. The fourth-order valence-electron chi connectivity index (χ4n) is 1.72. The molecule has 0 fully saturated rings. The van der Waals surface area contributed by atoms with Crippen LogP contribution in [0.5, 0.6) is 5.75 Å². The summed E-state index contributed by atoms with van der Waals surface area (Å²) in [7, 11) is 3.26. The van der Waals surface area contributed by atoms with Crippen LogP contribution in [-0.2, 0) is 0 Å². The average Bonchev–Trinajstić information content (AvgIpc) is 2.46. The molecule has 0 bridgehead atoms. The number of ether oxygens (including phenoxy) is 1. The van der Waals surface area contributed by atoms with E-state index >= 15 is 0 Å². The number of nitrogens with zero attached hydrogens (tertiary/aromatic N) is 2. The summed E-state index contributed by atoms with van der Waals surface area (Å²) in [6, 6.07) is 10.0. The number of rotatable bonds is 4. The number of aromatic nitrogens is 1. The van der Waals surface area contributed by atoms with E-state index in [-0.39, 0.29) is 5.69 Å². The van der Waals surface area contributed by atoms with Gasteiger partial charge in [0, 0.05) is 18.7 Å². The SMILES string of the molecule is CNc1ccc([N+](=O)[O-])c(-c2cccc(OC)c2)n1. The molecule has 0 amide bonds. The standard InChI is InChI=1S/C13H13N3O3/c1-14-12-7-6-11(16(17)18)13(15-12)9-4-3-5-10(8-9)19-2/h3-8H,1-2H3,(H,14,15). The molecule has 1 heterocycles. The Morgan fingerprint density at radius 1 is 1.32 bits per heavy atom. The molecule has 0 saturated heterocycles. The molecule has 0 aliphatic carbocycles. The molecular formula is C13H13N3O3. The second kappa shape index (κ2) is 5.34. The second-order valence-electron chi connectivity index (χ2n) is 3.80. The summed E-state index contributed by atoms with van der Waals surface area (Å²) >= 11 is 0. The summed E-state index contributed by atoms with van der Waals surface area (Å²) in [5, 5.41) is 13.9. The second-order valence-corrected chi connectivity index (χ2v) is 3.80. The number of hydrogen-bond acceptors (Lipinski definition) is 5. The molecule has 1 aromatic heterocycles. The monoisotopic (exact) mass is 259 g/mol. The molecule has 2 rings (SSSR count). The van der Waals surface area contributed by atoms with Crippen LogP contribution < -0.4 is 10.1 Å². The first-order valence-corrected chi connectivity index (χ1v) is 5.63. The first kappa shape index (κ1) is 12.8. The largest absolute Gasteiger partial charge is 0.497 e. The van der Waals surface area contributed by atoms with Crippen molar-refractivity contribution in [1.82, 2.24) is 4.98 Å². The Bertz CT molecular complexity index is 614. The molecule has 1 aromatic carbocycles. The molecule has 19 heavy (non-hydrogen) atoms. The van der Waals surface area contributed by atoms with Crippen molar-refractivity contribution in [2.24, 2.45) is 0 Å². The number of anilines is 1. The molecule has 0 saturated carbocycles. The van der Waals surface area contributed by atoms with Crippen molar-refractivity contribution in [3.05, 3.63) is 46.5 Å². The molecule has 98 valence electrons. The maximum Gasteiger partial charge on any atom is 0.295 e. The number of methoxy groups -OCH3 is 1. The van der Waals surface area contributed by atoms with Crippen LogP contribution in [0.1, 0.15) is 0 Å². The minimum atomic E-state index is -0.443. The predicted octanol–water partition coefficient (Wildman–Crippen LogP) is 2.71. The number of hydrogen-bond donors (Lipinski definition) is 1. The van der Waals surface area contributed by atoms with E-state index < -0.39 is 4.92 Å². The molecule has 6 heteroatoms. The molecule has 0 atom stereocenters. The highest BCUT2D eigenvalue weighted by atomic mass is 16.6. The summed E-state index contributed by atoms with van der Waals surface area (Å²) in [5.74, 6) is 1.20.